The highest BCUT2D eigenvalue weighted by Crippen LogP contribution is 2.25. The Hall–Kier alpha value is -1.51. The molecule has 0 radical (unpaired) electrons. The minimum atomic E-state index is -0.146. The van der Waals surface area contributed by atoms with Crippen LogP contribution in [0.5, 0.6) is 5.75 Å². The first-order valence-corrected chi connectivity index (χ1v) is 6.90. The van der Waals surface area contributed by atoms with Gasteiger partial charge >= 0.3 is 0 Å². The Balaban J connectivity index is 0.00000441. The fourth-order valence-electron chi connectivity index (χ4n) is 1.68. The van der Waals surface area contributed by atoms with E-state index in [0.717, 1.165) is 12.1 Å². The quantitative estimate of drug-likeness (QED) is 0.375. The molecule has 7 heteroatoms. The van der Waals surface area contributed by atoms with Crippen molar-refractivity contribution in [2.75, 3.05) is 19.0 Å². The number of hydrogen-bond donors (Lipinski definition) is 3. The number of amides is 1. The lowest BCUT2D eigenvalue weighted by Gasteiger charge is -2.11. The number of nitrogens with two attached hydrogens (primary N) is 1. The molecule has 0 saturated heterocycles. The number of rotatable bonds is 6. The molecule has 1 aromatic carbocycles. The summed E-state index contributed by atoms with van der Waals surface area (Å²) in [6.45, 7) is 6.88. The lowest BCUT2D eigenvalue weighted by Crippen LogP contribution is -2.34. The van der Waals surface area contributed by atoms with Gasteiger partial charge in [-0.15, -0.1) is 24.0 Å². The number of benzene rings is 1. The monoisotopic (exact) mass is 420 g/mol. The second kappa shape index (κ2) is 10.3. The Kier molecular flexibility index (Phi) is 9.55. The Labute approximate surface area is 148 Å². The molecule has 1 aromatic rings. The molecule has 4 N–H and O–H groups in total. The van der Waals surface area contributed by atoms with Crippen LogP contribution in [0, 0.1) is 5.92 Å². The van der Waals surface area contributed by atoms with Gasteiger partial charge in [0.1, 0.15) is 5.75 Å². The fourth-order valence-corrected chi connectivity index (χ4v) is 1.68. The molecule has 0 heterocycles. The van der Waals surface area contributed by atoms with Crippen LogP contribution in [0.25, 0.3) is 0 Å². The van der Waals surface area contributed by atoms with Crippen LogP contribution in [0.2, 0.25) is 0 Å². The maximum Gasteiger partial charge on any atom is 0.221 e. The van der Waals surface area contributed by atoms with E-state index in [-0.39, 0.29) is 29.9 Å². The molecule has 0 aliphatic heterocycles. The van der Waals surface area contributed by atoms with Gasteiger partial charge in [0.15, 0.2) is 5.96 Å². The Morgan fingerprint density at radius 1 is 1.41 bits per heavy atom. The summed E-state index contributed by atoms with van der Waals surface area (Å²) in [6.07, 6.45) is 0. The number of guanidine groups is 1. The van der Waals surface area contributed by atoms with Crippen molar-refractivity contribution < 1.29 is 9.53 Å². The third kappa shape index (κ3) is 7.48. The Bertz CT molecular complexity index is 518. The fraction of sp³-hybridized carbons (Fsp3) is 0.467. The SMILES string of the molecule is COc1ccc(CN=C(N)NCC(C)C)cc1NC(C)=O.I. The summed E-state index contributed by atoms with van der Waals surface area (Å²) < 4.78 is 5.20. The first-order chi connectivity index (χ1) is 9.92. The molecule has 0 fully saturated rings. The highest BCUT2D eigenvalue weighted by atomic mass is 127. The number of anilines is 1. The van der Waals surface area contributed by atoms with Gasteiger partial charge in [-0.25, -0.2) is 4.99 Å². The van der Waals surface area contributed by atoms with Crippen molar-refractivity contribution in [3.05, 3.63) is 23.8 Å². The molecular weight excluding hydrogens is 395 g/mol. The van der Waals surface area contributed by atoms with Crippen LogP contribution in [0.3, 0.4) is 0 Å². The van der Waals surface area contributed by atoms with E-state index in [4.69, 9.17) is 10.5 Å². The highest BCUT2D eigenvalue weighted by molar-refractivity contribution is 14.0. The van der Waals surface area contributed by atoms with E-state index < -0.39 is 0 Å². The number of halogens is 1. The summed E-state index contributed by atoms with van der Waals surface area (Å²) >= 11 is 0. The van der Waals surface area contributed by atoms with Gasteiger partial charge in [0.05, 0.1) is 19.3 Å². The summed E-state index contributed by atoms with van der Waals surface area (Å²) in [5.41, 5.74) is 7.36. The second-order valence-corrected chi connectivity index (χ2v) is 5.19. The zero-order valence-electron chi connectivity index (χ0n) is 13.5. The van der Waals surface area contributed by atoms with E-state index in [1.54, 1.807) is 13.2 Å². The second-order valence-electron chi connectivity index (χ2n) is 5.19. The molecule has 0 aromatic heterocycles. The molecule has 124 valence electrons. The number of nitrogens with zero attached hydrogens (tertiary/aromatic N) is 1. The van der Waals surface area contributed by atoms with Gasteiger partial charge in [0.25, 0.3) is 0 Å². The van der Waals surface area contributed by atoms with E-state index >= 15 is 0 Å². The van der Waals surface area contributed by atoms with Crippen molar-refractivity contribution in [1.82, 2.24) is 5.32 Å². The van der Waals surface area contributed by atoms with Crippen molar-refractivity contribution in [2.45, 2.75) is 27.3 Å². The number of carbonyl (C=O) groups excluding carboxylic acids is 1. The van der Waals surface area contributed by atoms with Crippen LogP contribution in [0.15, 0.2) is 23.2 Å². The zero-order valence-corrected chi connectivity index (χ0v) is 15.8. The van der Waals surface area contributed by atoms with Gasteiger partial charge in [-0.05, 0) is 23.6 Å². The summed E-state index contributed by atoms with van der Waals surface area (Å²) in [5.74, 6) is 1.39. The lowest BCUT2D eigenvalue weighted by molar-refractivity contribution is -0.114. The summed E-state index contributed by atoms with van der Waals surface area (Å²) in [5, 5.41) is 5.79. The van der Waals surface area contributed by atoms with E-state index in [2.05, 4.69) is 29.5 Å². The molecule has 22 heavy (non-hydrogen) atoms. The summed E-state index contributed by atoms with van der Waals surface area (Å²) in [7, 11) is 1.56. The average Bonchev–Trinajstić information content (AvgIpc) is 2.42. The first-order valence-electron chi connectivity index (χ1n) is 6.90. The normalized spacial score (nSPS) is 10.9. The predicted molar refractivity (Wildman–Crippen MR) is 101 cm³/mol. The molecule has 0 atom stereocenters. The molecule has 1 amide bonds. The largest absolute Gasteiger partial charge is 0.495 e. The molecule has 0 spiro atoms. The van der Waals surface area contributed by atoms with E-state index in [0.29, 0.717) is 29.9 Å². The standard InChI is InChI=1S/C15H24N4O2.HI/c1-10(2)8-17-15(16)18-9-12-5-6-14(21-4)13(7-12)19-11(3)20;/h5-7,10H,8-9H2,1-4H3,(H,19,20)(H3,16,17,18);1H. The number of hydrogen-bond acceptors (Lipinski definition) is 3. The van der Waals surface area contributed by atoms with Crippen molar-refractivity contribution in [1.29, 1.82) is 0 Å². The maximum atomic E-state index is 11.2. The van der Waals surface area contributed by atoms with Crippen LogP contribution in [-0.2, 0) is 11.3 Å². The van der Waals surface area contributed by atoms with E-state index in [1.165, 1.54) is 6.92 Å². The molecule has 1 rings (SSSR count). The molecule has 0 aliphatic rings. The van der Waals surface area contributed by atoms with Gasteiger partial charge in [-0.1, -0.05) is 19.9 Å². The third-order valence-electron chi connectivity index (χ3n) is 2.70. The van der Waals surface area contributed by atoms with E-state index in [1.807, 2.05) is 12.1 Å². The van der Waals surface area contributed by atoms with Crippen molar-refractivity contribution >= 4 is 41.5 Å². The lowest BCUT2D eigenvalue weighted by atomic mass is 10.2. The molecule has 0 unspecified atom stereocenters. The predicted octanol–water partition coefficient (Wildman–Crippen LogP) is 2.33. The number of aliphatic imine (C=N–C) groups is 1. The molecule has 0 saturated carbocycles. The smallest absolute Gasteiger partial charge is 0.221 e. The average molecular weight is 420 g/mol. The maximum absolute atomic E-state index is 11.2. The zero-order chi connectivity index (χ0) is 15.8. The van der Waals surface area contributed by atoms with Crippen LogP contribution in [-0.4, -0.2) is 25.5 Å². The molecule has 0 aliphatic carbocycles. The van der Waals surface area contributed by atoms with Crippen LogP contribution < -0.4 is 21.1 Å². The Morgan fingerprint density at radius 2 is 2.09 bits per heavy atom. The van der Waals surface area contributed by atoms with Gasteiger partial charge in [-0.3, -0.25) is 4.79 Å². The number of ether oxygens (including phenoxy) is 1. The Morgan fingerprint density at radius 3 is 2.64 bits per heavy atom. The van der Waals surface area contributed by atoms with Crippen molar-refractivity contribution in [3.8, 4) is 5.75 Å². The van der Waals surface area contributed by atoms with Crippen LogP contribution in [0.1, 0.15) is 26.3 Å². The van der Waals surface area contributed by atoms with Crippen LogP contribution >= 0.6 is 24.0 Å². The van der Waals surface area contributed by atoms with Crippen molar-refractivity contribution in [2.24, 2.45) is 16.6 Å². The van der Waals surface area contributed by atoms with Crippen molar-refractivity contribution in [3.63, 3.8) is 0 Å². The number of carbonyl (C=O) groups is 1. The third-order valence-corrected chi connectivity index (χ3v) is 2.70. The van der Waals surface area contributed by atoms with Gasteiger partial charge in [0.2, 0.25) is 5.91 Å². The highest BCUT2D eigenvalue weighted by Gasteiger charge is 2.06. The minimum Gasteiger partial charge on any atom is -0.495 e. The van der Waals surface area contributed by atoms with Gasteiger partial charge in [-0.2, -0.15) is 0 Å². The van der Waals surface area contributed by atoms with Gasteiger partial charge in [0, 0.05) is 13.5 Å². The molecule has 0 bridgehead atoms. The first kappa shape index (κ1) is 20.5. The summed E-state index contributed by atoms with van der Waals surface area (Å²) in [4.78, 5) is 15.5. The molecular formula is C15H25IN4O2. The molecule has 6 nitrogen and oxygen atoms in total. The van der Waals surface area contributed by atoms with Crippen LogP contribution in [0.4, 0.5) is 5.69 Å². The minimum absolute atomic E-state index is 0. The number of methoxy groups -OCH3 is 1. The van der Waals surface area contributed by atoms with E-state index in [9.17, 15) is 4.79 Å². The summed E-state index contributed by atoms with van der Waals surface area (Å²) in [6, 6.07) is 5.52. The van der Waals surface area contributed by atoms with Gasteiger partial charge < -0.3 is 21.1 Å². The number of nitrogens with one attached hydrogen (secondary N) is 2. The topological polar surface area (TPSA) is 88.7 Å².